The SMILES string of the molecule is O=C(Oc1cccc(N2C(=O)[C@H]3[C@@H]4CC[C@@H](C4)[C@@H]3C2=O)c1)c1ccc([N+](=O)[O-])cc1. The van der Waals surface area contributed by atoms with E-state index < -0.39 is 10.9 Å². The number of esters is 1. The molecular weight excluding hydrogens is 388 g/mol. The average molecular weight is 406 g/mol. The van der Waals surface area contributed by atoms with Gasteiger partial charge in [0, 0.05) is 18.2 Å². The number of benzene rings is 2. The van der Waals surface area contributed by atoms with Gasteiger partial charge in [-0.25, -0.2) is 9.69 Å². The molecule has 30 heavy (non-hydrogen) atoms. The molecule has 2 amide bonds. The number of anilines is 1. The van der Waals surface area contributed by atoms with Crippen molar-refractivity contribution in [3.63, 3.8) is 0 Å². The third kappa shape index (κ3) is 2.79. The summed E-state index contributed by atoms with van der Waals surface area (Å²) in [6.45, 7) is 0. The molecule has 8 nitrogen and oxygen atoms in total. The largest absolute Gasteiger partial charge is 0.423 e. The molecule has 1 heterocycles. The Morgan fingerprint density at radius 3 is 2.23 bits per heavy atom. The van der Waals surface area contributed by atoms with Crippen LogP contribution in [0.4, 0.5) is 11.4 Å². The van der Waals surface area contributed by atoms with Crippen molar-refractivity contribution < 1.29 is 24.0 Å². The molecule has 0 radical (unpaired) electrons. The van der Waals surface area contributed by atoms with Gasteiger partial charge >= 0.3 is 5.97 Å². The number of carbonyl (C=O) groups is 3. The van der Waals surface area contributed by atoms with Crippen molar-refractivity contribution in [3.05, 3.63) is 64.2 Å². The molecule has 0 spiro atoms. The second-order valence-corrected chi connectivity index (χ2v) is 8.09. The minimum absolute atomic E-state index is 0.126. The first kappa shape index (κ1) is 18.5. The van der Waals surface area contributed by atoms with Gasteiger partial charge in [-0.05, 0) is 55.4 Å². The second kappa shape index (κ2) is 6.76. The van der Waals surface area contributed by atoms with Gasteiger partial charge < -0.3 is 4.74 Å². The summed E-state index contributed by atoms with van der Waals surface area (Å²) in [5, 5.41) is 10.7. The summed E-state index contributed by atoms with van der Waals surface area (Å²) in [5.74, 6) is -0.654. The number of nitro benzene ring substituents is 1. The van der Waals surface area contributed by atoms with Gasteiger partial charge in [0.15, 0.2) is 0 Å². The fourth-order valence-corrected chi connectivity index (χ4v) is 5.23. The van der Waals surface area contributed by atoms with Crippen LogP contribution in [0.5, 0.6) is 5.75 Å². The summed E-state index contributed by atoms with van der Waals surface area (Å²) < 4.78 is 5.36. The minimum atomic E-state index is -0.684. The minimum Gasteiger partial charge on any atom is -0.423 e. The van der Waals surface area contributed by atoms with E-state index >= 15 is 0 Å². The number of amides is 2. The fourth-order valence-electron chi connectivity index (χ4n) is 5.23. The van der Waals surface area contributed by atoms with Crippen LogP contribution < -0.4 is 9.64 Å². The van der Waals surface area contributed by atoms with Gasteiger partial charge in [0.25, 0.3) is 5.69 Å². The number of hydrogen-bond donors (Lipinski definition) is 0. The molecule has 1 aliphatic heterocycles. The van der Waals surface area contributed by atoms with E-state index in [-0.39, 0.29) is 40.7 Å². The van der Waals surface area contributed by atoms with Gasteiger partial charge in [-0.15, -0.1) is 0 Å². The van der Waals surface area contributed by atoms with Crippen LogP contribution in [0.3, 0.4) is 0 Å². The lowest BCUT2D eigenvalue weighted by Crippen LogP contribution is -2.32. The van der Waals surface area contributed by atoms with E-state index in [1.807, 2.05) is 0 Å². The summed E-state index contributed by atoms with van der Waals surface area (Å²) in [6.07, 6.45) is 2.98. The molecule has 0 N–H and O–H groups in total. The maximum Gasteiger partial charge on any atom is 0.343 e. The first-order valence-corrected chi connectivity index (χ1v) is 9.88. The number of imide groups is 1. The van der Waals surface area contributed by atoms with Gasteiger partial charge in [-0.3, -0.25) is 19.7 Å². The number of ether oxygens (including phenoxy) is 1. The Morgan fingerprint density at radius 1 is 1.00 bits per heavy atom. The van der Waals surface area contributed by atoms with E-state index in [0.29, 0.717) is 17.5 Å². The molecule has 1 saturated heterocycles. The Kier molecular flexibility index (Phi) is 4.16. The predicted octanol–water partition coefficient (Wildman–Crippen LogP) is 3.35. The zero-order valence-electron chi connectivity index (χ0n) is 15.9. The molecular formula is C22H18N2O6. The number of nitro groups is 1. The van der Waals surface area contributed by atoms with Crippen LogP contribution in [-0.4, -0.2) is 22.7 Å². The van der Waals surface area contributed by atoms with Crippen molar-refractivity contribution in [1.82, 2.24) is 0 Å². The van der Waals surface area contributed by atoms with Crippen molar-refractivity contribution in [2.45, 2.75) is 19.3 Å². The molecule has 5 rings (SSSR count). The second-order valence-electron chi connectivity index (χ2n) is 8.09. The topological polar surface area (TPSA) is 107 Å². The van der Waals surface area contributed by atoms with Crippen LogP contribution in [0.1, 0.15) is 29.6 Å². The lowest BCUT2D eigenvalue weighted by atomic mass is 9.81. The number of fused-ring (bicyclic) bond motifs is 5. The normalized spacial score (nSPS) is 26.7. The van der Waals surface area contributed by atoms with E-state index in [1.165, 1.54) is 35.2 Å². The fraction of sp³-hybridized carbons (Fsp3) is 0.318. The van der Waals surface area contributed by atoms with Crippen LogP contribution in [0.2, 0.25) is 0 Å². The molecule has 2 aromatic rings. The maximum absolute atomic E-state index is 13.0. The summed E-state index contributed by atoms with van der Waals surface area (Å²) in [4.78, 5) is 49.7. The van der Waals surface area contributed by atoms with E-state index in [2.05, 4.69) is 0 Å². The Hall–Kier alpha value is -3.55. The summed E-state index contributed by atoms with van der Waals surface area (Å²) >= 11 is 0. The molecule has 0 aromatic heterocycles. The van der Waals surface area contributed by atoms with Crippen LogP contribution in [0, 0.1) is 33.8 Å². The predicted molar refractivity (Wildman–Crippen MR) is 105 cm³/mol. The zero-order valence-corrected chi connectivity index (χ0v) is 15.9. The molecule has 2 aliphatic carbocycles. The molecule has 152 valence electrons. The smallest absolute Gasteiger partial charge is 0.343 e. The van der Waals surface area contributed by atoms with Crippen molar-refractivity contribution in [2.75, 3.05) is 4.90 Å². The first-order valence-electron chi connectivity index (χ1n) is 9.88. The van der Waals surface area contributed by atoms with E-state index in [9.17, 15) is 24.5 Å². The average Bonchev–Trinajstić information content (AvgIpc) is 3.42. The van der Waals surface area contributed by atoms with E-state index in [4.69, 9.17) is 4.74 Å². The molecule has 2 bridgehead atoms. The van der Waals surface area contributed by atoms with E-state index in [0.717, 1.165) is 19.3 Å². The summed E-state index contributed by atoms with van der Waals surface area (Å²) in [6, 6.07) is 11.4. The number of hydrogen-bond acceptors (Lipinski definition) is 6. The third-order valence-corrected chi connectivity index (χ3v) is 6.53. The highest BCUT2D eigenvalue weighted by molar-refractivity contribution is 6.22. The highest BCUT2D eigenvalue weighted by atomic mass is 16.6. The molecule has 2 aromatic carbocycles. The van der Waals surface area contributed by atoms with Crippen LogP contribution in [0.15, 0.2) is 48.5 Å². The monoisotopic (exact) mass is 406 g/mol. The maximum atomic E-state index is 13.0. The Bertz CT molecular complexity index is 1050. The van der Waals surface area contributed by atoms with Crippen molar-refractivity contribution in [3.8, 4) is 5.75 Å². The Labute approximate surface area is 171 Å². The lowest BCUT2D eigenvalue weighted by molar-refractivity contribution is -0.384. The Balaban J connectivity index is 1.36. The summed E-state index contributed by atoms with van der Waals surface area (Å²) in [7, 11) is 0. The molecule has 8 heteroatoms. The van der Waals surface area contributed by atoms with E-state index in [1.54, 1.807) is 18.2 Å². The number of nitrogens with zero attached hydrogens (tertiary/aromatic N) is 2. The molecule has 2 saturated carbocycles. The van der Waals surface area contributed by atoms with Gasteiger partial charge in [0.2, 0.25) is 11.8 Å². The van der Waals surface area contributed by atoms with Crippen LogP contribution in [-0.2, 0) is 9.59 Å². The van der Waals surface area contributed by atoms with Crippen molar-refractivity contribution in [2.24, 2.45) is 23.7 Å². The highest BCUT2D eigenvalue weighted by Gasteiger charge is 2.61. The third-order valence-electron chi connectivity index (χ3n) is 6.53. The van der Waals surface area contributed by atoms with Crippen molar-refractivity contribution >= 4 is 29.2 Å². The molecule has 4 atom stereocenters. The zero-order chi connectivity index (χ0) is 21.0. The van der Waals surface area contributed by atoms with Gasteiger partial charge in [-0.1, -0.05) is 6.07 Å². The molecule has 0 unspecified atom stereocenters. The quantitative estimate of drug-likeness (QED) is 0.253. The molecule has 3 aliphatic rings. The highest BCUT2D eigenvalue weighted by Crippen LogP contribution is 2.56. The van der Waals surface area contributed by atoms with Gasteiger partial charge in [-0.2, -0.15) is 0 Å². The Morgan fingerprint density at radius 2 is 1.63 bits per heavy atom. The standard InChI is InChI=1S/C22H18N2O6/c25-20-18-13-4-5-14(10-13)19(18)21(26)23(20)16-2-1-3-17(11-16)30-22(27)12-6-8-15(9-7-12)24(28)29/h1-3,6-9,11,13-14,18-19H,4-5,10H2/t13-,14+,18-,19-/m0/s1. The number of non-ortho nitro benzene ring substituents is 1. The van der Waals surface area contributed by atoms with Crippen LogP contribution in [0.25, 0.3) is 0 Å². The van der Waals surface area contributed by atoms with Crippen molar-refractivity contribution in [1.29, 1.82) is 0 Å². The molecule has 3 fully saturated rings. The lowest BCUT2D eigenvalue weighted by Gasteiger charge is -2.19. The van der Waals surface area contributed by atoms with Crippen LogP contribution >= 0.6 is 0 Å². The van der Waals surface area contributed by atoms with Gasteiger partial charge in [0.05, 0.1) is 28.0 Å². The number of carbonyl (C=O) groups excluding carboxylic acids is 3. The summed E-state index contributed by atoms with van der Waals surface area (Å²) in [5.41, 5.74) is 0.428. The number of rotatable bonds is 4. The van der Waals surface area contributed by atoms with Gasteiger partial charge in [0.1, 0.15) is 5.75 Å². The first-order chi connectivity index (χ1) is 14.4.